The van der Waals surface area contributed by atoms with Crippen molar-refractivity contribution in [1.82, 2.24) is 4.98 Å². The first kappa shape index (κ1) is 14.9. The monoisotopic (exact) mass is 305 g/mol. The highest BCUT2D eigenvalue weighted by Gasteiger charge is 2.18. The fraction of sp³-hybridized carbons (Fsp3) is 0.143. The van der Waals surface area contributed by atoms with Gasteiger partial charge in [-0.3, -0.25) is 14.9 Å². The van der Waals surface area contributed by atoms with Gasteiger partial charge in [0, 0.05) is 18.3 Å². The van der Waals surface area contributed by atoms with Crippen LogP contribution in [0.1, 0.15) is 18.4 Å². The molecule has 1 unspecified atom stereocenters. The highest BCUT2D eigenvalue weighted by molar-refractivity contribution is 6.32. The number of amides is 1. The van der Waals surface area contributed by atoms with Gasteiger partial charge in [-0.25, -0.2) is 4.98 Å². The Labute approximate surface area is 125 Å². The van der Waals surface area contributed by atoms with E-state index < -0.39 is 10.8 Å². The number of nitrogens with zero attached hydrogens (tertiary/aromatic N) is 2. The van der Waals surface area contributed by atoms with Crippen molar-refractivity contribution in [2.45, 2.75) is 12.8 Å². The molecule has 0 saturated heterocycles. The number of aromatic nitrogens is 1. The fourth-order valence-electron chi connectivity index (χ4n) is 1.78. The number of pyridine rings is 1. The molecule has 0 aliphatic carbocycles. The number of halogens is 1. The highest BCUT2D eigenvalue weighted by Crippen LogP contribution is 2.24. The summed E-state index contributed by atoms with van der Waals surface area (Å²) < 4.78 is 0. The van der Waals surface area contributed by atoms with Gasteiger partial charge in [-0.1, -0.05) is 23.7 Å². The third-order valence-corrected chi connectivity index (χ3v) is 3.29. The van der Waals surface area contributed by atoms with Crippen LogP contribution in [0.4, 0.5) is 11.4 Å². The summed E-state index contributed by atoms with van der Waals surface area (Å²) in [6.45, 7) is 1.67. The van der Waals surface area contributed by atoms with Crippen LogP contribution in [0.3, 0.4) is 0 Å². The lowest BCUT2D eigenvalue weighted by Gasteiger charge is -2.13. The minimum Gasteiger partial charge on any atom is -0.323 e. The second-order valence-corrected chi connectivity index (χ2v) is 4.76. The van der Waals surface area contributed by atoms with Crippen molar-refractivity contribution < 1.29 is 9.72 Å². The third-order valence-electron chi connectivity index (χ3n) is 2.99. The van der Waals surface area contributed by atoms with E-state index in [0.29, 0.717) is 11.3 Å². The molecule has 1 atom stereocenters. The SMILES string of the molecule is CC(C(=O)Nc1cccnc1Cl)c1cccc([N+](=O)[O-])c1. The van der Waals surface area contributed by atoms with Gasteiger partial charge in [-0.05, 0) is 24.6 Å². The van der Waals surface area contributed by atoms with E-state index in [1.54, 1.807) is 31.2 Å². The first-order valence-corrected chi connectivity index (χ1v) is 6.52. The van der Waals surface area contributed by atoms with Crippen LogP contribution in [0.2, 0.25) is 5.15 Å². The Bertz CT molecular complexity index is 691. The van der Waals surface area contributed by atoms with Crippen molar-refractivity contribution in [2.75, 3.05) is 5.32 Å². The smallest absolute Gasteiger partial charge is 0.269 e. The lowest BCUT2D eigenvalue weighted by Crippen LogP contribution is -2.19. The summed E-state index contributed by atoms with van der Waals surface area (Å²) in [5.41, 5.74) is 0.912. The lowest BCUT2D eigenvalue weighted by molar-refractivity contribution is -0.384. The number of nitro groups is 1. The molecule has 1 amide bonds. The summed E-state index contributed by atoms with van der Waals surface area (Å²) in [6.07, 6.45) is 1.52. The summed E-state index contributed by atoms with van der Waals surface area (Å²) in [7, 11) is 0. The molecular weight excluding hydrogens is 294 g/mol. The largest absolute Gasteiger partial charge is 0.323 e. The normalized spacial score (nSPS) is 11.7. The van der Waals surface area contributed by atoms with Gasteiger partial charge in [0.05, 0.1) is 16.5 Å². The maximum Gasteiger partial charge on any atom is 0.269 e. The number of carbonyl (C=O) groups is 1. The molecule has 1 aromatic carbocycles. The molecule has 0 saturated carbocycles. The van der Waals surface area contributed by atoms with Crippen LogP contribution in [-0.2, 0) is 4.79 Å². The zero-order valence-electron chi connectivity index (χ0n) is 11.1. The number of non-ortho nitro benzene ring substituents is 1. The standard InChI is InChI=1S/C14H12ClN3O3/c1-9(10-4-2-5-11(8-10)18(20)21)14(19)17-12-6-3-7-16-13(12)15/h2-9H,1H3,(H,17,19). The number of carbonyl (C=O) groups excluding carboxylic acids is 1. The predicted octanol–water partition coefficient (Wildman–Crippen LogP) is 3.39. The molecule has 7 heteroatoms. The maximum atomic E-state index is 12.2. The molecule has 2 rings (SSSR count). The fourth-order valence-corrected chi connectivity index (χ4v) is 1.95. The van der Waals surface area contributed by atoms with Crippen molar-refractivity contribution in [3.63, 3.8) is 0 Å². The first-order valence-electron chi connectivity index (χ1n) is 6.15. The first-order chi connectivity index (χ1) is 9.99. The molecule has 21 heavy (non-hydrogen) atoms. The van der Waals surface area contributed by atoms with Gasteiger partial charge in [-0.2, -0.15) is 0 Å². The minimum atomic E-state index is -0.554. The molecule has 0 fully saturated rings. The summed E-state index contributed by atoms with van der Waals surface area (Å²) >= 11 is 5.87. The van der Waals surface area contributed by atoms with E-state index in [1.807, 2.05) is 0 Å². The molecule has 1 aromatic heterocycles. The summed E-state index contributed by atoms with van der Waals surface area (Å²) in [5, 5.41) is 13.6. The molecule has 0 spiro atoms. The van der Waals surface area contributed by atoms with E-state index in [4.69, 9.17) is 11.6 Å². The van der Waals surface area contributed by atoms with E-state index in [-0.39, 0.29) is 16.7 Å². The molecule has 1 heterocycles. The van der Waals surface area contributed by atoms with Crippen LogP contribution in [0.25, 0.3) is 0 Å². The zero-order valence-corrected chi connectivity index (χ0v) is 11.9. The predicted molar refractivity (Wildman–Crippen MR) is 79.4 cm³/mol. The van der Waals surface area contributed by atoms with Crippen molar-refractivity contribution in [3.05, 3.63) is 63.4 Å². The number of hydrogen-bond donors (Lipinski definition) is 1. The van der Waals surface area contributed by atoms with Gasteiger partial charge in [0.2, 0.25) is 5.91 Å². The van der Waals surface area contributed by atoms with Crippen LogP contribution >= 0.6 is 11.6 Å². The number of anilines is 1. The molecule has 6 nitrogen and oxygen atoms in total. The second-order valence-electron chi connectivity index (χ2n) is 4.40. The van der Waals surface area contributed by atoms with Crippen LogP contribution in [0.15, 0.2) is 42.6 Å². The van der Waals surface area contributed by atoms with Gasteiger partial charge in [0.1, 0.15) is 0 Å². The van der Waals surface area contributed by atoms with Gasteiger partial charge in [-0.15, -0.1) is 0 Å². The van der Waals surface area contributed by atoms with E-state index >= 15 is 0 Å². The molecular formula is C14H12ClN3O3. The van der Waals surface area contributed by atoms with Crippen molar-refractivity contribution >= 4 is 28.9 Å². The van der Waals surface area contributed by atoms with Crippen LogP contribution in [0, 0.1) is 10.1 Å². The summed E-state index contributed by atoms with van der Waals surface area (Å²) in [4.78, 5) is 26.3. The van der Waals surface area contributed by atoms with Gasteiger partial charge in [0.25, 0.3) is 5.69 Å². The Kier molecular flexibility index (Phi) is 4.49. The topological polar surface area (TPSA) is 85.1 Å². The van der Waals surface area contributed by atoms with Gasteiger partial charge in [0.15, 0.2) is 5.15 Å². The maximum absolute atomic E-state index is 12.2. The number of nitro benzene ring substituents is 1. The molecule has 0 bridgehead atoms. The summed E-state index contributed by atoms with van der Waals surface area (Å²) in [5.74, 6) is -0.869. The van der Waals surface area contributed by atoms with E-state index in [2.05, 4.69) is 10.3 Å². The molecule has 108 valence electrons. The lowest BCUT2D eigenvalue weighted by atomic mass is 10.00. The van der Waals surface area contributed by atoms with Gasteiger partial charge >= 0.3 is 0 Å². The van der Waals surface area contributed by atoms with Gasteiger partial charge < -0.3 is 5.32 Å². The molecule has 0 aliphatic rings. The zero-order chi connectivity index (χ0) is 15.4. The highest BCUT2D eigenvalue weighted by atomic mass is 35.5. The third kappa shape index (κ3) is 3.55. The number of benzene rings is 1. The average Bonchev–Trinajstić information content (AvgIpc) is 2.49. The summed E-state index contributed by atoms with van der Waals surface area (Å²) in [6, 6.07) is 9.27. The number of rotatable bonds is 4. The number of hydrogen-bond acceptors (Lipinski definition) is 4. The molecule has 2 aromatic rings. The van der Waals surface area contributed by atoms with Crippen molar-refractivity contribution in [3.8, 4) is 0 Å². The Morgan fingerprint density at radius 1 is 1.38 bits per heavy atom. The Morgan fingerprint density at radius 3 is 2.81 bits per heavy atom. The number of nitrogens with one attached hydrogen (secondary N) is 1. The van der Waals surface area contributed by atoms with E-state index in [9.17, 15) is 14.9 Å². The van der Waals surface area contributed by atoms with Crippen molar-refractivity contribution in [2.24, 2.45) is 0 Å². The molecule has 0 radical (unpaired) electrons. The van der Waals surface area contributed by atoms with Crippen LogP contribution in [0.5, 0.6) is 0 Å². The Morgan fingerprint density at radius 2 is 2.14 bits per heavy atom. The van der Waals surface area contributed by atoms with Crippen LogP contribution < -0.4 is 5.32 Å². The molecule has 0 aliphatic heterocycles. The van der Waals surface area contributed by atoms with E-state index in [0.717, 1.165) is 0 Å². The Hall–Kier alpha value is -2.47. The average molecular weight is 306 g/mol. The van der Waals surface area contributed by atoms with E-state index in [1.165, 1.54) is 18.3 Å². The Balaban J connectivity index is 2.18. The molecule has 1 N–H and O–H groups in total. The van der Waals surface area contributed by atoms with Crippen molar-refractivity contribution in [1.29, 1.82) is 0 Å². The quantitative estimate of drug-likeness (QED) is 0.533. The second kappa shape index (κ2) is 6.32. The van der Waals surface area contributed by atoms with Crippen LogP contribution in [-0.4, -0.2) is 15.8 Å². The minimum absolute atomic E-state index is 0.0495.